The van der Waals surface area contributed by atoms with Gasteiger partial charge in [-0.15, -0.1) is 0 Å². The molecule has 1 saturated heterocycles. The lowest BCUT2D eigenvalue weighted by Gasteiger charge is -2.16. The number of H-pyrrole nitrogens is 1. The van der Waals surface area contributed by atoms with Crippen molar-refractivity contribution in [3.8, 4) is 0 Å². The maximum Gasteiger partial charge on any atom is 0.277 e. The minimum Gasteiger partial charge on any atom is -0.394 e. The zero-order valence-electron chi connectivity index (χ0n) is 12.5. The molecule has 1 fully saturated rings. The van der Waals surface area contributed by atoms with Gasteiger partial charge in [0.2, 0.25) is 11.9 Å². The van der Waals surface area contributed by atoms with Crippen LogP contribution in [0, 0.1) is 5.92 Å². The summed E-state index contributed by atoms with van der Waals surface area (Å²) in [5.41, 5.74) is 5.07. The minimum absolute atomic E-state index is 0.0251. The fraction of sp³-hybridized carbons (Fsp3) is 0.615. The summed E-state index contributed by atoms with van der Waals surface area (Å²) in [6, 6.07) is 0. The third kappa shape index (κ3) is 3.74. The lowest BCUT2D eigenvalue weighted by molar-refractivity contribution is -0.118. The summed E-state index contributed by atoms with van der Waals surface area (Å²) in [5.74, 6) is -0.345. The standard InChI is InChI=1S/C13H21N5O4/c1-6(2)11(20)17-13-16-10(9(14)12(21)18-13)15-8-4-3-7(5-19)22-8/h6-8,19H,3-5,14H2,1-2H3,(H3,15,16,17,18,20,21)/t7?,8-/m1/s1. The van der Waals surface area contributed by atoms with E-state index in [0.717, 1.165) is 0 Å². The second-order valence-corrected chi connectivity index (χ2v) is 5.47. The molecule has 1 aromatic heterocycles. The predicted molar refractivity (Wildman–Crippen MR) is 81.3 cm³/mol. The first kappa shape index (κ1) is 16.2. The lowest BCUT2D eigenvalue weighted by Crippen LogP contribution is -2.27. The van der Waals surface area contributed by atoms with Crippen molar-refractivity contribution in [1.82, 2.24) is 9.97 Å². The largest absolute Gasteiger partial charge is 0.394 e. The number of rotatable bonds is 5. The molecule has 122 valence electrons. The first-order valence-corrected chi connectivity index (χ1v) is 7.14. The number of nitrogen functional groups attached to an aromatic ring is 1. The second kappa shape index (κ2) is 6.75. The molecule has 1 aromatic rings. The van der Waals surface area contributed by atoms with Crippen LogP contribution in [0.25, 0.3) is 0 Å². The van der Waals surface area contributed by atoms with Gasteiger partial charge < -0.3 is 20.9 Å². The van der Waals surface area contributed by atoms with E-state index in [4.69, 9.17) is 15.6 Å². The summed E-state index contributed by atoms with van der Waals surface area (Å²) in [4.78, 5) is 30.0. The van der Waals surface area contributed by atoms with E-state index in [1.807, 2.05) is 0 Å². The zero-order chi connectivity index (χ0) is 16.3. The average Bonchev–Trinajstić information content (AvgIpc) is 2.91. The number of hydrogen-bond donors (Lipinski definition) is 5. The van der Waals surface area contributed by atoms with Crippen LogP contribution in [0.4, 0.5) is 17.5 Å². The van der Waals surface area contributed by atoms with E-state index in [2.05, 4.69) is 20.6 Å². The number of carbonyl (C=O) groups excluding carboxylic acids is 1. The van der Waals surface area contributed by atoms with Gasteiger partial charge in [-0.3, -0.25) is 19.9 Å². The van der Waals surface area contributed by atoms with Crippen molar-refractivity contribution >= 4 is 23.4 Å². The molecule has 2 rings (SSSR count). The van der Waals surface area contributed by atoms with Crippen molar-refractivity contribution in [3.05, 3.63) is 10.4 Å². The highest BCUT2D eigenvalue weighted by Gasteiger charge is 2.25. The molecule has 0 spiro atoms. The fourth-order valence-electron chi connectivity index (χ4n) is 2.01. The number of aromatic nitrogens is 2. The van der Waals surface area contributed by atoms with Crippen LogP contribution in [0.3, 0.4) is 0 Å². The van der Waals surface area contributed by atoms with Gasteiger partial charge in [0, 0.05) is 5.92 Å². The van der Waals surface area contributed by atoms with E-state index in [0.29, 0.717) is 12.8 Å². The Morgan fingerprint density at radius 2 is 2.27 bits per heavy atom. The smallest absolute Gasteiger partial charge is 0.277 e. The van der Waals surface area contributed by atoms with Crippen molar-refractivity contribution in [2.75, 3.05) is 23.0 Å². The zero-order valence-corrected chi connectivity index (χ0v) is 12.5. The quantitative estimate of drug-likeness (QED) is 0.509. The highest BCUT2D eigenvalue weighted by Crippen LogP contribution is 2.22. The summed E-state index contributed by atoms with van der Waals surface area (Å²) in [5, 5.41) is 14.5. The normalized spacial score (nSPS) is 21.1. The Morgan fingerprint density at radius 1 is 1.55 bits per heavy atom. The van der Waals surface area contributed by atoms with E-state index >= 15 is 0 Å². The fourth-order valence-corrected chi connectivity index (χ4v) is 2.01. The van der Waals surface area contributed by atoms with Crippen LogP contribution < -0.4 is 21.9 Å². The van der Waals surface area contributed by atoms with Gasteiger partial charge in [-0.25, -0.2) is 0 Å². The monoisotopic (exact) mass is 311 g/mol. The number of aliphatic hydroxyl groups excluding tert-OH is 1. The number of nitrogens with two attached hydrogens (primary N) is 1. The number of aliphatic hydroxyl groups is 1. The van der Waals surface area contributed by atoms with Gasteiger partial charge in [0.1, 0.15) is 11.9 Å². The van der Waals surface area contributed by atoms with Crippen molar-refractivity contribution in [2.24, 2.45) is 5.92 Å². The molecule has 9 nitrogen and oxygen atoms in total. The van der Waals surface area contributed by atoms with Gasteiger partial charge in [0.05, 0.1) is 12.7 Å². The first-order chi connectivity index (χ1) is 10.4. The molecule has 2 atom stereocenters. The van der Waals surface area contributed by atoms with Crippen LogP contribution in [0.2, 0.25) is 0 Å². The molecule has 0 aromatic carbocycles. The van der Waals surface area contributed by atoms with E-state index in [-0.39, 0.29) is 48.2 Å². The third-order valence-electron chi connectivity index (χ3n) is 3.33. The molecule has 1 aliphatic heterocycles. The number of nitrogens with zero attached hydrogens (tertiary/aromatic N) is 1. The average molecular weight is 311 g/mol. The highest BCUT2D eigenvalue weighted by molar-refractivity contribution is 5.90. The van der Waals surface area contributed by atoms with Gasteiger partial charge >= 0.3 is 0 Å². The highest BCUT2D eigenvalue weighted by atomic mass is 16.5. The Balaban J connectivity index is 2.15. The molecular weight excluding hydrogens is 290 g/mol. The summed E-state index contributed by atoms with van der Waals surface area (Å²) >= 11 is 0. The topological polar surface area (TPSA) is 142 Å². The molecule has 0 radical (unpaired) electrons. The Bertz CT molecular complexity index is 601. The molecule has 1 amide bonds. The maximum atomic E-state index is 11.8. The van der Waals surface area contributed by atoms with Crippen LogP contribution in [-0.2, 0) is 9.53 Å². The van der Waals surface area contributed by atoms with Crippen molar-refractivity contribution < 1.29 is 14.6 Å². The molecule has 0 bridgehead atoms. The van der Waals surface area contributed by atoms with Gasteiger partial charge in [0.25, 0.3) is 5.56 Å². The van der Waals surface area contributed by atoms with E-state index in [1.165, 1.54) is 0 Å². The molecule has 0 aliphatic carbocycles. The van der Waals surface area contributed by atoms with Gasteiger partial charge in [0.15, 0.2) is 5.82 Å². The Hall–Kier alpha value is -2.13. The number of carbonyl (C=O) groups is 1. The molecular formula is C13H21N5O4. The van der Waals surface area contributed by atoms with Crippen LogP contribution >= 0.6 is 0 Å². The number of anilines is 3. The molecule has 1 aliphatic rings. The van der Waals surface area contributed by atoms with Crippen LogP contribution in [0.5, 0.6) is 0 Å². The Labute approximate surface area is 127 Å². The first-order valence-electron chi connectivity index (χ1n) is 7.14. The van der Waals surface area contributed by atoms with E-state index < -0.39 is 5.56 Å². The van der Waals surface area contributed by atoms with Crippen LogP contribution in [0.1, 0.15) is 26.7 Å². The van der Waals surface area contributed by atoms with Gasteiger partial charge in [-0.2, -0.15) is 4.98 Å². The maximum absolute atomic E-state index is 11.8. The van der Waals surface area contributed by atoms with E-state index in [9.17, 15) is 9.59 Å². The molecule has 6 N–H and O–H groups in total. The summed E-state index contributed by atoms with van der Waals surface area (Å²) in [6.45, 7) is 3.39. The van der Waals surface area contributed by atoms with E-state index in [1.54, 1.807) is 13.8 Å². The molecule has 9 heteroatoms. The van der Waals surface area contributed by atoms with Crippen LogP contribution in [-0.4, -0.2) is 39.9 Å². The molecule has 1 unspecified atom stereocenters. The summed E-state index contributed by atoms with van der Waals surface area (Å²) < 4.78 is 5.51. The van der Waals surface area contributed by atoms with Gasteiger partial charge in [-0.05, 0) is 12.8 Å². The number of ether oxygens (including phenoxy) is 1. The Kier molecular flexibility index (Phi) is 4.99. The van der Waals surface area contributed by atoms with Crippen molar-refractivity contribution in [2.45, 2.75) is 39.0 Å². The summed E-state index contributed by atoms with van der Waals surface area (Å²) in [6.07, 6.45) is 0.740. The number of nitrogens with one attached hydrogen (secondary N) is 3. The summed E-state index contributed by atoms with van der Waals surface area (Å²) in [7, 11) is 0. The SMILES string of the molecule is CC(C)C(=O)Nc1nc(N[C@H]2CCC(CO)O2)c(N)c(=O)[nH]1. The number of amides is 1. The minimum atomic E-state index is -0.548. The van der Waals surface area contributed by atoms with Gasteiger partial charge in [-0.1, -0.05) is 13.8 Å². The predicted octanol–water partition coefficient (Wildman–Crippen LogP) is -0.144. The molecule has 2 heterocycles. The van der Waals surface area contributed by atoms with Crippen molar-refractivity contribution in [3.63, 3.8) is 0 Å². The third-order valence-corrected chi connectivity index (χ3v) is 3.33. The molecule has 22 heavy (non-hydrogen) atoms. The Morgan fingerprint density at radius 3 is 2.86 bits per heavy atom. The molecule has 0 saturated carbocycles. The number of aromatic amines is 1. The number of hydrogen-bond acceptors (Lipinski definition) is 7. The van der Waals surface area contributed by atoms with Crippen molar-refractivity contribution in [1.29, 1.82) is 0 Å². The lowest BCUT2D eigenvalue weighted by atomic mass is 10.2. The second-order valence-electron chi connectivity index (χ2n) is 5.47. The van der Waals surface area contributed by atoms with Crippen LogP contribution in [0.15, 0.2) is 4.79 Å².